The number of para-hydroxylation sites is 2. The number of fused-ring (bicyclic) bond motifs is 1. The van der Waals surface area contributed by atoms with Crippen molar-refractivity contribution in [3.05, 3.63) is 88.9 Å². The van der Waals surface area contributed by atoms with Gasteiger partial charge >= 0.3 is 0 Å². The molecule has 0 aliphatic rings. The number of rotatable bonds is 3. The molecule has 120 valence electrons. The van der Waals surface area contributed by atoms with Gasteiger partial charge in [-0.2, -0.15) is 5.26 Å². The van der Waals surface area contributed by atoms with Gasteiger partial charge in [-0.25, -0.2) is 4.98 Å². The van der Waals surface area contributed by atoms with Crippen molar-refractivity contribution in [2.45, 2.75) is 6.54 Å². The Hall–Kier alpha value is -3.09. The molecule has 3 aromatic carbocycles. The monoisotopic (exact) mass is 343 g/mol. The summed E-state index contributed by atoms with van der Waals surface area (Å²) in [5.41, 5.74) is 4.85. The van der Waals surface area contributed by atoms with E-state index in [4.69, 9.17) is 21.8 Å². The second kappa shape index (κ2) is 6.43. The van der Waals surface area contributed by atoms with Gasteiger partial charge in [0, 0.05) is 17.1 Å². The van der Waals surface area contributed by atoms with Crippen molar-refractivity contribution in [3.63, 3.8) is 0 Å². The van der Waals surface area contributed by atoms with E-state index in [-0.39, 0.29) is 0 Å². The van der Waals surface area contributed by atoms with Crippen LogP contribution in [0.25, 0.3) is 22.4 Å². The lowest BCUT2D eigenvalue weighted by Gasteiger charge is -2.10. The summed E-state index contributed by atoms with van der Waals surface area (Å²) in [4.78, 5) is 4.81. The van der Waals surface area contributed by atoms with Gasteiger partial charge in [0.05, 0.1) is 22.7 Å². The number of hydrogen-bond donors (Lipinski definition) is 0. The molecular weight excluding hydrogens is 330 g/mol. The van der Waals surface area contributed by atoms with Crippen LogP contribution in [0.4, 0.5) is 0 Å². The maximum atomic E-state index is 8.97. The Bertz CT molecular complexity index is 1070. The molecule has 0 atom stereocenters. The predicted molar refractivity (Wildman–Crippen MR) is 100 cm³/mol. The number of nitriles is 1. The van der Waals surface area contributed by atoms with E-state index in [1.807, 2.05) is 66.7 Å². The van der Waals surface area contributed by atoms with Crippen LogP contribution in [0.15, 0.2) is 72.8 Å². The first-order valence-electron chi connectivity index (χ1n) is 7.95. The highest BCUT2D eigenvalue weighted by Crippen LogP contribution is 2.27. The van der Waals surface area contributed by atoms with E-state index in [1.54, 1.807) is 0 Å². The lowest BCUT2D eigenvalue weighted by Crippen LogP contribution is -2.02. The van der Waals surface area contributed by atoms with Crippen molar-refractivity contribution in [1.82, 2.24) is 9.55 Å². The largest absolute Gasteiger partial charge is 0.319 e. The average molecular weight is 344 g/mol. The van der Waals surface area contributed by atoms with Gasteiger partial charge in [0.1, 0.15) is 5.82 Å². The lowest BCUT2D eigenvalue weighted by molar-refractivity contribution is 0.834. The Kier molecular flexibility index (Phi) is 3.97. The fourth-order valence-corrected chi connectivity index (χ4v) is 3.05. The molecule has 4 aromatic rings. The minimum Gasteiger partial charge on any atom is -0.319 e. The molecular formula is C21H14ClN3. The average Bonchev–Trinajstić information content (AvgIpc) is 3.02. The minimum atomic E-state index is 0.664. The van der Waals surface area contributed by atoms with Crippen molar-refractivity contribution in [2.24, 2.45) is 0 Å². The maximum absolute atomic E-state index is 8.97. The van der Waals surface area contributed by atoms with Crippen molar-refractivity contribution in [3.8, 4) is 17.5 Å². The summed E-state index contributed by atoms with van der Waals surface area (Å²) in [6, 6.07) is 25.6. The van der Waals surface area contributed by atoms with Gasteiger partial charge in [0.25, 0.3) is 0 Å². The fraction of sp³-hybridized carbons (Fsp3) is 0.0476. The summed E-state index contributed by atoms with van der Waals surface area (Å²) < 4.78 is 2.19. The smallest absolute Gasteiger partial charge is 0.141 e. The zero-order chi connectivity index (χ0) is 17.2. The standard InChI is InChI=1S/C21H14ClN3/c22-18-11-9-17(10-12-18)21-24-19-3-1-2-4-20(19)25(21)14-16-7-5-15(13-23)6-8-16/h1-12H,14H2. The van der Waals surface area contributed by atoms with E-state index in [9.17, 15) is 0 Å². The summed E-state index contributed by atoms with van der Waals surface area (Å²) in [6.45, 7) is 0.685. The Balaban J connectivity index is 1.84. The van der Waals surface area contributed by atoms with Gasteiger partial charge in [-0.05, 0) is 54.1 Å². The molecule has 4 heteroatoms. The van der Waals surface area contributed by atoms with Crippen molar-refractivity contribution in [1.29, 1.82) is 5.26 Å². The summed E-state index contributed by atoms with van der Waals surface area (Å²) in [5.74, 6) is 0.905. The molecule has 0 aliphatic carbocycles. The third kappa shape index (κ3) is 3.00. The molecule has 3 nitrogen and oxygen atoms in total. The Morgan fingerprint density at radius 3 is 2.36 bits per heavy atom. The molecule has 0 unspecified atom stereocenters. The van der Waals surface area contributed by atoms with E-state index in [0.717, 1.165) is 28.0 Å². The van der Waals surface area contributed by atoms with E-state index >= 15 is 0 Å². The van der Waals surface area contributed by atoms with Crippen LogP contribution in [0.2, 0.25) is 5.02 Å². The third-order valence-corrected chi connectivity index (χ3v) is 4.43. The fourth-order valence-electron chi connectivity index (χ4n) is 2.92. The Morgan fingerprint density at radius 2 is 1.64 bits per heavy atom. The van der Waals surface area contributed by atoms with Crippen molar-refractivity contribution >= 4 is 22.6 Å². The van der Waals surface area contributed by atoms with Crippen LogP contribution in [0.3, 0.4) is 0 Å². The van der Waals surface area contributed by atoms with Gasteiger partial charge in [-0.15, -0.1) is 0 Å². The van der Waals surface area contributed by atoms with Gasteiger partial charge in [-0.1, -0.05) is 35.9 Å². The van der Waals surface area contributed by atoms with E-state index < -0.39 is 0 Å². The normalized spacial score (nSPS) is 10.7. The topological polar surface area (TPSA) is 41.6 Å². The number of hydrogen-bond acceptors (Lipinski definition) is 2. The molecule has 1 heterocycles. The van der Waals surface area contributed by atoms with E-state index in [1.165, 1.54) is 0 Å². The predicted octanol–water partition coefficient (Wildman–Crippen LogP) is 5.28. The summed E-state index contributed by atoms with van der Waals surface area (Å²) in [6.07, 6.45) is 0. The second-order valence-electron chi connectivity index (χ2n) is 5.83. The highest BCUT2D eigenvalue weighted by atomic mass is 35.5. The van der Waals surface area contributed by atoms with Crippen molar-refractivity contribution < 1.29 is 0 Å². The maximum Gasteiger partial charge on any atom is 0.141 e. The van der Waals surface area contributed by atoms with Gasteiger partial charge in [0.2, 0.25) is 0 Å². The van der Waals surface area contributed by atoms with Gasteiger partial charge in [0.15, 0.2) is 0 Å². The number of imidazole rings is 1. The molecule has 25 heavy (non-hydrogen) atoms. The van der Waals surface area contributed by atoms with Crippen LogP contribution in [0, 0.1) is 11.3 Å². The summed E-state index contributed by atoms with van der Waals surface area (Å²) in [5, 5.41) is 9.67. The molecule has 0 radical (unpaired) electrons. The molecule has 0 saturated carbocycles. The highest BCUT2D eigenvalue weighted by Gasteiger charge is 2.12. The Labute approximate surface area is 150 Å². The van der Waals surface area contributed by atoms with Crippen LogP contribution in [-0.2, 0) is 6.54 Å². The van der Waals surface area contributed by atoms with E-state index in [2.05, 4.69) is 16.7 Å². The molecule has 0 aliphatic heterocycles. The first kappa shape index (κ1) is 15.4. The Morgan fingerprint density at radius 1 is 0.920 bits per heavy atom. The van der Waals surface area contributed by atoms with Crippen LogP contribution < -0.4 is 0 Å². The quantitative estimate of drug-likeness (QED) is 0.508. The number of benzene rings is 3. The first-order chi connectivity index (χ1) is 12.2. The molecule has 0 fully saturated rings. The number of aromatic nitrogens is 2. The zero-order valence-corrected chi connectivity index (χ0v) is 14.1. The SMILES string of the molecule is N#Cc1ccc(Cn2c(-c3ccc(Cl)cc3)nc3ccccc32)cc1. The first-order valence-corrected chi connectivity index (χ1v) is 8.32. The van der Waals surface area contributed by atoms with E-state index in [0.29, 0.717) is 17.1 Å². The molecule has 0 bridgehead atoms. The molecule has 0 spiro atoms. The summed E-state index contributed by atoms with van der Waals surface area (Å²) in [7, 11) is 0. The molecule has 0 N–H and O–H groups in total. The minimum absolute atomic E-state index is 0.664. The summed E-state index contributed by atoms with van der Waals surface area (Å²) >= 11 is 6.02. The number of nitrogens with zero attached hydrogens (tertiary/aromatic N) is 3. The van der Waals surface area contributed by atoms with Gasteiger partial charge < -0.3 is 4.57 Å². The molecule has 1 aromatic heterocycles. The highest BCUT2D eigenvalue weighted by molar-refractivity contribution is 6.30. The van der Waals surface area contributed by atoms with Crippen molar-refractivity contribution in [2.75, 3.05) is 0 Å². The second-order valence-corrected chi connectivity index (χ2v) is 6.26. The van der Waals surface area contributed by atoms with Crippen LogP contribution in [0.1, 0.15) is 11.1 Å². The molecule has 4 rings (SSSR count). The lowest BCUT2D eigenvalue weighted by atomic mass is 10.1. The number of halogens is 1. The zero-order valence-electron chi connectivity index (χ0n) is 13.4. The van der Waals surface area contributed by atoms with Crippen LogP contribution in [-0.4, -0.2) is 9.55 Å². The third-order valence-electron chi connectivity index (χ3n) is 4.18. The molecule has 0 amide bonds. The van der Waals surface area contributed by atoms with Crippen LogP contribution in [0.5, 0.6) is 0 Å². The van der Waals surface area contributed by atoms with Gasteiger partial charge in [-0.3, -0.25) is 0 Å². The van der Waals surface area contributed by atoms with Crippen LogP contribution >= 0.6 is 11.6 Å². The molecule has 0 saturated heterocycles.